The van der Waals surface area contributed by atoms with E-state index in [1.54, 1.807) is 7.11 Å². The van der Waals surface area contributed by atoms with E-state index in [2.05, 4.69) is 4.72 Å². The number of nitrogen functional groups attached to an aromatic ring is 1. The minimum atomic E-state index is -4.22. The van der Waals surface area contributed by atoms with Crippen LogP contribution in [0, 0.1) is 11.6 Å². The molecule has 0 spiro atoms. The summed E-state index contributed by atoms with van der Waals surface area (Å²) in [6, 6.07) is 1.55. The van der Waals surface area contributed by atoms with Crippen LogP contribution in [0.3, 0.4) is 0 Å². The Morgan fingerprint density at radius 2 is 1.80 bits per heavy atom. The van der Waals surface area contributed by atoms with Crippen LogP contribution in [0.1, 0.15) is 19.3 Å². The number of sulfonamides is 1. The van der Waals surface area contributed by atoms with E-state index in [4.69, 9.17) is 10.5 Å². The molecule has 5 nitrogen and oxygen atoms in total. The van der Waals surface area contributed by atoms with Crippen LogP contribution in [0.25, 0.3) is 0 Å². The molecule has 0 aliphatic carbocycles. The topological polar surface area (TPSA) is 81.4 Å². The van der Waals surface area contributed by atoms with Gasteiger partial charge in [-0.15, -0.1) is 0 Å². The molecule has 0 saturated carbocycles. The number of methoxy groups -OCH3 is 1. The maximum Gasteiger partial charge on any atom is 0.246 e. The zero-order valence-electron chi connectivity index (χ0n) is 11.2. The highest BCUT2D eigenvalue weighted by molar-refractivity contribution is 7.89. The van der Waals surface area contributed by atoms with Gasteiger partial charge in [0.1, 0.15) is 11.6 Å². The normalized spacial score (nSPS) is 11.8. The van der Waals surface area contributed by atoms with Gasteiger partial charge in [0.05, 0.1) is 0 Å². The Labute approximate surface area is 117 Å². The summed E-state index contributed by atoms with van der Waals surface area (Å²) in [4.78, 5) is -0.997. The van der Waals surface area contributed by atoms with E-state index in [9.17, 15) is 17.2 Å². The predicted molar refractivity (Wildman–Crippen MR) is 71.7 cm³/mol. The Hall–Kier alpha value is -1.25. The Bertz CT molecular complexity index is 527. The quantitative estimate of drug-likeness (QED) is 0.565. The van der Waals surface area contributed by atoms with Crippen LogP contribution in [0.4, 0.5) is 14.5 Å². The molecule has 0 amide bonds. The van der Waals surface area contributed by atoms with Crippen molar-refractivity contribution in [2.45, 2.75) is 24.2 Å². The fraction of sp³-hybridized carbons (Fsp3) is 0.500. The molecule has 0 fully saturated rings. The number of unbranched alkanes of at least 4 members (excludes halogenated alkanes) is 2. The maximum atomic E-state index is 13.5. The third-order valence-corrected chi connectivity index (χ3v) is 4.12. The Kier molecular flexibility index (Phi) is 6.31. The molecular formula is C12H18F2N2O3S. The number of ether oxygens (including phenoxy) is 1. The van der Waals surface area contributed by atoms with Crippen LogP contribution >= 0.6 is 0 Å². The lowest BCUT2D eigenvalue weighted by Gasteiger charge is -2.09. The number of rotatable bonds is 8. The molecule has 0 aromatic heterocycles. The molecule has 0 radical (unpaired) electrons. The summed E-state index contributed by atoms with van der Waals surface area (Å²) >= 11 is 0. The minimum absolute atomic E-state index is 0.106. The largest absolute Gasteiger partial charge is 0.399 e. The third-order valence-electron chi connectivity index (χ3n) is 2.61. The zero-order valence-corrected chi connectivity index (χ0v) is 12.0. The summed E-state index contributed by atoms with van der Waals surface area (Å²) in [6.07, 6.45) is 2.10. The van der Waals surface area contributed by atoms with Crippen molar-refractivity contribution >= 4 is 15.7 Å². The highest BCUT2D eigenvalue weighted by Gasteiger charge is 2.24. The average molecular weight is 308 g/mol. The molecule has 0 heterocycles. The highest BCUT2D eigenvalue weighted by atomic mass is 32.2. The van der Waals surface area contributed by atoms with Gasteiger partial charge in [0.25, 0.3) is 0 Å². The summed E-state index contributed by atoms with van der Waals surface area (Å²) in [5.74, 6) is -2.40. The molecule has 0 atom stereocenters. The van der Waals surface area contributed by atoms with Crippen LogP contribution in [0.2, 0.25) is 0 Å². The SMILES string of the molecule is COCCCCCNS(=O)(=O)c1c(F)cc(N)cc1F. The van der Waals surface area contributed by atoms with Crippen molar-refractivity contribution in [1.82, 2.24) is 4.72 Å². The lowest BCUT2D eigenvalue weighted by Crippen LogP contribution is -2.26. The molecule has 1 rings (SSSR count). The first-order chi connectivity index (χ1) is 9.38. The first kappa shape index (κ1) is 16.8. The van der Waals surface area contributed by atoms with Gasteiger partial charge in [-0.3, -0.25) is 0 Å². The first-order valence-corrected chi connectivity index (χ1v) is 7.60. The van der Waals surface area contributed by atoms with Crippen LogP contribution < -0.4 is 10.5 Å². The van der Waals surface area contributed by atoms with Crippen molar-refractivity contribution < 1.29 is 21.9 Å². The molecule has 0 bridgehead atoms. The molecule has 0 aliphatic heterocycles. The number of halogens is 2. The van der Waals surface area contributed by atoms with Crippen molar-refractivity contribution in [3.63, 3.8) is 0 Å². The maximum absolute atomic E-state index is 13.5. The fourth-order valence-corrected chi connectivity index (χ4v) is 2.85. The lowest BCUT2D eigenvalue weighted by molar-refractivity contribution is 0.192. The van der Waals surface area contributed by atoms with Gasteiger partial charge >= 0.3 is 0 Å². The van der Waals surface area contributed by atoms with E-state index >= 15 is 0 Å². The van der Waals surface area contributed by atoms with Crippen LogP contribution in [0.15, 0.2) is 17.0 Å². The average Bonchev–Trinajstić information content (AvgIpc) is 2.31. The Balaban J connectivity index is 2.66. The smallest absolute Gasteiger partial charge is 0.246 e. The summed E-state index contributed by atoms with van der Waals surface area (Å²) < 4.78 is 57.7. The molecule has 1 aromatic rings. The second-order valence-corrected chi connectivity index (χ2v) is 5.97. The van der Waals surface area contributed by atoms with Crippen LogP contribution in [-0.2, 0) is 14.8 Å². The molecular weight excluding hydrogens is 290 g/mol. The lowest BCUT2D eigenvalue weighted by atomic mass is 10.2. The van der Waals surface area contributed by atoms with Crippen molar-refractivity contribution in [2.24, 2.45) is 0 Å². The second-order valence-electron chi connectivity index (χ2n) is 4.26. The number of hydrogen-bond donors (Lipinski definition) is 2. The number of anilines is 1. The van der Waals surface area contributed by atoms with E-state index in [1.807, 2.05) is 0 Å². The number of benzene rings is 1. The van der Waals surface area contributed by atoms with E-state index < -0.39 is 26.6 Å². The minimum Gasteiger partial charge on any atom is -0.399 e. The monoisotopic (exact) mass is 308 g/mol. The van der Waals surface area contributed by atoms with Gasteiger partial charge in [0.2, 0.25) is 10.0 Å². The first-order valence-electron chi connectivity index (χ1n) is 6.11. The van der Waals surface area contributed by atoms with Gasteiger partial charge in [0, 0.05) is 25.9 Å². The van der Waals surface area contributed by atoms with E-state index in [1.165, 1.54) is 0 Å². The van der Waals surface area contributed by atoms with Crippen LogP contribution in [-0.4, -0.2) is 28.7 Å². The van der Waals surface area contributed by atoms with Gasteiger partial charge in [-0.25, -0.2) is 21.9 Å². The molecule has 0 saturated heterocycles. The van der Waals surface area contributed by atoms with Crippen molar-refractivity contribution in [2.75, 3.05) is 26.0 Å². The van der Waals surface area contributed by atoms with E-state index in [0.717, 1.165) is 25.0 Å². The summed E-state index contributed by atoms with van der Waals surface area (Å²) in [5, 5.41) is 0. The van der Waals surface area contributed by atoms with Crippen molar-refractivity contribution in [3.8, 4) is 0 Å². The van der Waals surface area contributed by atoms with Gasteiger partial charge in [-0.05, 0) is 31.4 Å². The van der Waals surface area contributed by atoms with Crippen molar-refractivity contribution in [1.29, 1.82) is 0 Å². The fourth-order valence-electron chi connectivity index (χ4n) is 1.66. The summed E-state index contributed by atoms with van der Waals surface area (Å²) in [7, 11) is -2.64. The number of nitrogens with two attached hydrogens (primary N) is 1. The van der Waals surface area contributed by atoms with Crippen LogP contribution in [0.5, 0.6) is 0 Å². The van der Waals surface area contributed by atoms with Gasteiger partial charge < -0.3 is 10.5 Å². The van der Waals surface area contributed by atoms with Gasteiger partial charge in [0.15, 0.2) is 4.90 Å². The van der Waals surface area contributed by atoms with Gasteiger partial charge in [-0.1, -0.05) is 0 Å². The summed E-state index contributed by atoms with van der Waals surface area (Å²) in [5.41, 5.74) is 5.06. The molecule has 1 aromatic carbocycles. The molecule has 20 heavy (non-hydrogen) atoms. The summed E-state index contributed by atoms with van der Waals surface area (Å²) in [6.45, 7) is 0.698. The highest BCUT2D eigenvalue weighted by Crippen LogP contribution is 2.21. The Morgan fingerprint density at radius 3 is 2.35 bits per heavy atom. The molecule has 8 heteroatoms. The molecule has 0 aliphatic rings. The Morgan fingerprint density at radius 1 is 1.20 bits per heavy atom. The third kappa shape index (κ3) is 4.69. The van der Waals surface area contributed by atoms with E-state index in [-0.39, 0.29) is 12.2 Å². The zero-order chi connectivity index (χ0) is 15.2. The van der Waals surface area contributed by atoms with Crippen molar-refractivity contribution in [3.05, 3.63) is 23.8 Å². The molecule has 0 unspecified atom stereocenters. The number of nitrogens with one attached hydrogen (secondary N) is 1. The predicted octanol–water partition coefficient (Wildman–Crippen LogP) is 1.64. The molecule has 3 N–H and O–H groups in total. The standard InChI is InChI=1S/C12H18F2N2O3S/c1-19-6-4-2-3-5-16-20(17,18)12-10(13)7-9(15)8-11(12)14/h7-8,16H,2-6,15H2,1H3. The van der Waals surface area contributed by atoms with Gasteiger partial charge in [-0.2, -0.15) is 0 Å². The molecule has 114 valence electrons. The number of hydrogen-bond acceptors (Lipinski definition) is 4. The van der Waals surface area contributed by atoms with E-state index in [0.29, 0.717) is 13.0 Å². The second kappa shape index (κ2) is 7.51.